The van der Waals surface area contributed by atoms with Crippen LogP contribution in [0, 0.1) is 12.7 Å². The van der Waals surface area contributed by atoms with E-state index in [4.69, 9.17) is 10.6 Å². The van der Waals surface area contributed by atoms with Gasteiger partial charge in [0.15, 0.2) is 0 Å². The van der Waals surface area contributed by atoms with Crippen molar-refractivity contribution in [3.63, 3.8) is 0 Å². The summed E-state index contributed by atoms with van der Waals surface area (Å²) in [6.45, 7) is 2.58. The van der Waals surface area contributed by atoms with Gasteiger partial charge in [-0.15, -0.1) is 0 Å². The van der Waals surface area contributed by atoms with Crippen LogP contribution in [0.4, 0.5) is 4.39 Å². The molecular weight excluding hydrogens is 267 g/mol. The Bertz CT molecular complexity index is 644. The van der Waals surface area contributed by atoms with Crippen LogP contribution in [0.15, 0.2) is 42.5 Å². The van der Waals surface area contributed by atoms with E-state index in [2.05, 4.69) is 11.5 Å². The summed E-state index contributed by atoms with van der Waals surface area (Å²) in [4.78, 5) is 0. The van der Waals surface area contributed by atoms with Gasteiger partial charge >= 0.3 is 0 Å². The second-order valence-electron chi connectivity index (χ2n) is 5.43. The van der Waals surface area contributed by atoms with Crippen molar-refractivity contribution in [3.05, 3.63) is 65.0 Å². The molecule has 0 bridgehead atoms. The number of rotatable bonds is 3. The molecule has 1 heterocycles. The Hall–Kier alpha value is -1.91. The van der Waals surface area contributed by atoms with Crippen molar-refractivity contribution in [2.45, 2.75) is 25.3 Å². The van der Waals surface area contributed by atoms with Gasteiger partial charge in [0.1, 0.15) is 11.6 Å². The highest BCUT2D eigenvalue weighted by molar-refractivity contribution is 5.41. The standard InChI is InChI=1S/C17H19FN2O/c1-11-10-12(18)6-7-13(11)17(20-19)15-8-9-21-16-5-3-2-4-14(15)16/h2-7,10,15,17,20H,8-9,19H2,1H3. The van der Waals surface area contributed by atoms with E-state index in [0.29, 0.717) is 6.61 Å². The molecular formula is C17H19FN2O. The second-order valence-corrected chi connectivity index (χ2v) is 5.43. The maximum absolute atomic E-state index is 13.3. The number of fused-ring (bicyclic) bond motifs is 1. The molecule has 3 N–H and O–H groups in total. The number of hydrazine groups is 1. The second kappa shape index (κ2) is 5.84. The summed E-state index contributed by atoms with van der Waals surface area (Å²) < 4.78 is 19.0. The molecule has 21 heavy (non-hydrogen) atoms. The molecule has 0 aliphatic carbocycles. The molecule has 2 unspecified atom stereocenters. The van der Waals surface area contributed by atoms with E-state index < -0.39 is 0 Å². The number of hydrogen-bond acceptors (Lipinski definition) is 3. The van der Waals surface area contributed by atoms with Crippen LogP contribution in [0.2, 0.25) is 0 Å². The Balaban J connectivity index is 2.01. The molecule has 0 saturated carbocycles. The van der Waals surface area contributed by atoms with Gasteiger partial charge in [-0.2, -0.15) is 0 Å². The number of ether oxygens (including phenoxy) is 1. The molecule has 3 rings (SSSR count). The normalized spacial score (nSPS) is 18.7. The van der Waals surface area contributed by atoms with Gasteiger partial charge in [0, 0.05) is 5.92 Å². The molecule has 0 fully saturated rings. The van der Waals surface area contributed by atoms with Crippen LogP contribution in [-0.4, -0.2) is 6.61 Å². The quantitative estimate of drug-likeness (QED) is 0.673. The fourth-order valence-electron chi connectivity index (χ4n) is 3.13. The van der Waals surface area contributed by atoms with Crippen LogP contribution >= 0.6 is 0 Å². The van der Waals surface area contributed by atoms with Crippen LogP contribution in [0.5, 0.6) is 5.75 Å². The maximum atomic E-state index is 13.3. The lowest BCUT2D eigenvalue weighted by molar-refractivity contribution is 0.246. The minimum atomic E-state index is -0.223. The zero-order chi connectivity index (χ0) is 14.8. The van der Waals surface area contributed by atoms with E-state index in [1.165, 1.54) is 6.07 Å². The monoisotopic (exact) mass is 286 g/mol. The lowest BCUT2D eigenvalue weighted by Crippen LogP contribution is -2.35. The van der Waals surface area contributed by atoms with Crippen molar-refractivity contribution in [1.82, 2.24) is 5.43 Å². The Labute approximate surface area is 123 Å². The third kappa shape index (κ3) is 2.64. The number of nitrogens with two attached hydrogens (primary N) is 1. The van der Waals surface area contributed by atoms with Gasteiger partial charge in [-0.1, -0.05) is 24.3 Å². The molecule has 1 aliphatic heterocycles. The SMILES string of the molecule is Cc1cc(F)ccc1C(NN)C1CCOc2ccccc21. The Morgan fingerprint density at radius 1 is 1.29 bits per heavy atom. The Morgan fingerprint density at radius 2 is 2.10 bits per heavy atom. The summed E-state index contributed by atoms with van der Waals surface area (Å²) in [5, 5.41) is 0. The van der Waals surface area contributed by atoms with Crippen molar-refractivity contribution in [2.24, 2.45) is 5.84 Å². The number of hydrogen-bond donors (Lipinski definition) is 2. The summed E-state index contributed by atoms with van der Waals surface area (Å²) in [5.74, 6) is 6.72. The lowest BCUT2D eigenvalue weighted by Gasteiger charge is -2.33. The summed E-state index contributed by atoms with van der Waals surface area (Å²) in [5.41, 5.74) is 5.99. The van der Waals surface area contributed by atoms with Crippen molar-refractivity contribution >= 4 is 0 Å². The number of halogens is 1. The van der Waals surface area contributed by atoms with Crippen LogP contribution in [0.3, 0.4) is 0 Å². The predicted octanol–water partition coefficient (Wildman–Crippen LogP) is 3.20. The fourth-order valence-corrected chi connectivity index (χ4v) is 3.13. The molecule has 110 valence electrons. The average molecular weight is 286 g/mol. The largest absolute Gasteiger partial charge is 0.493 e. The van der Waals surface area contributed by atoms with E-state index in [0.717, 1.165) is 28.9 Å². The van der Waals surface area contributed by atoms with Gasteiger partial charge in [0.2, 0.25) is 0 Å². The van der Waals surface area contributed by atoms with Gasteiger partial charge in [-0.05, 0) is 48.2 Å². The summed E-state index contributed by atoms with van der Waals surface area (Å²) >= 11 is 0. The maximum Gasteiger partial charge on any atom is 0.123 e. The highest BCUT2D eigenvalue weighted by atomic mass is 19.1. The minimum absolute atomic E-state index is 0.0596. The van der Waals surface area contributed by atoms with E-state index in [1.54, 1.807) is 6.07 Å². The third-order valence-corrected chi connectivity index (χ3v) is 4.15. The van der Waals surface area contributed by atoms with Gasteiger partial charge in [-0.3, -0.25) is 11.3 Å². The van der Waals surface area contributed by atoms with Gasteiger partial charge in [0.25, 0.3) is 0 Å². The number of aryl methyl sites for hydroxylation is 1. The van der Waals surface area contributed by atoms with Crippen LogP contribution < -0.4 is 16.0 Å². The van der Waals surface area contributed by atoms with Gasteiger partial charge in [0.05, 0.1) is 12.6 Å². The first-order chi connectivity index (χ1) is 10.2. The van der Waals surface area contributed by atoms with Crippen molar-refractivity contribution in [2.75, 3.05) is 6.61 Å². The number of nitrogens with one attached hydrogen (secondary N) is 1. The highest BCUT2D eigenvalue weighted by Crippen LogP contribution is 2.41. The zero-order valence-electron chi connectivity index (χ0n) is 12.0. The van der Waals surface area contributed by atoms with Crippen molar-refractivity contribution < 1.29 is 9.13 Å². The van der Waals surface area contributed by atoms with Crippen LogP contribution in [0.1, 0.15) is 35.1 Å². The van der Waals surface area contributed by atoms with Crippen LogP contribution in [0.25, 0.3) is 0 Å². The third-order valence-electron chi connectivity index (χ3n) is 4.15. The molecule has 3 nitrogen and oxygen atoms in total. The van der Waals surface area contributed by atoms with Gasteiger partial charge < -0.3 is 4.74 Å². The first-order valence-electron chi connectivity index (χ1n) is 7.14. The fraction of sp³-hybridized carbons (Fsp3) is 0.294. The summed E-state index contributed by atoms with van der Waals surface area (Å²) in [6.07, 6.45) is 0.878. The first-order valence-corrected chi connectivity index (χ1v) is 7.14. The molecule has 2 atom stereocenters. The Kier molecular flexibility index (Phi) is 3.90. The van der Waals surface area contributed by atoms with E-state index >= 15 is 0 Å². The molecule has 0 saturated heterocycles. The molecule has 0 aromatic heterocycles. The number of para-hydroxylation sites is 1. The first kappa shape index (κ1) is 14.0. The molecule has 4 heteroatoms. The van der Waals surface area contributed by atoms with Crippen LogP contribution in [-0.2, 0) is 0 Å². The molecule has 0 radical (unpaired) electrons. The van der Waals surface area contributed by atoms with E-state index in [9.17, 15) is 4.39 Å². The highest BCUT2D eigenvalue weighted by Gasteiger charge is 2.30. The van der Waals surface area contributed by atoms with E-state index in [-0.39, 0.29) is 17.8 Å². The molecule has 0 amide bonds. The molecule has 2 aromatic carbocycles. The molecule has 0 spiro atoms. The smallest absolute Gasteiger partial charge is 0.123 e. The number of benzene rings is 2. The van der Waals surface area contributed by atoms with E-state index in [1.807, 2.05) is 31.2 Å². The van der Waals surface area contributed by atoms with Crippen molar-refractivity contribution in [3.8, 4) is 5.75 Å². The molecule has 1 aliphatic rings. The van der Waals surface area contributed by atoms with Crippen molar-refractivity contribution in [1.29, 1.82) is 0 Å². The minimum Gasteiger partial charge on any atom is -0.493 e. The van der Waals surface area contributed by atoms with Gasteiger partial charge in [-0.25, -0.2) is 4.39 Å². The topological polar surface area (TPSA) is 47.3 Å². The summed E-state index contributed by atoms with van der Waals surface area (Å²) in [6, 6.07) is 12.8. The zero-order valence-corrected chi connectivity index (χ0v) is 12.0. The molecule has 2 aromatic rings. The lowest BCUT2D eigenvalue weighted by atomic mass is 9.82. The summed E-state index contributed by atoms with van der Waals surface area (Å²) in [7, 11) is 0. The Morgan fingerprint density at radius 3 is 2.86 bits per heavy atom. The average Bonchev–Trinajstić information content (AvgIpc) is 2.50. The predicted molar refractivity (Wildman–Crippen MR) is 80.5 cm³/mol.